The van der Waals surface area contributed by atoms with Crippen LogP contribution in [0.4, 0.5) is 5.69 Å². The van der Waals surface area contributed by atoms with Crippen LogP contribution < -0.4 is 4.90 Å². The lowest BCUT2D eigenvalue weighted by molar-refractivity contribution is -0.117. The minimum absolute atomic E-state index is 0.0128. The number of aliphatic hydroxyl groups is 1. The summed E-state index contributed by atoms with van der Waals surface area (Å²) in [6.07, 6.45) is 1.49. The fraction of sp³-hybridized carbons (Fsp3) is 0.207. The normalized spacial score (nSPS) is 16.2. The third kappa shape index (κ3) is 4.05. The second-order valence-corrected chi connectivity index (χ2v) is 10.8. The van der Waals surface area contributed by atoms with Gasteiger partial charge >= 0.3 is 0 Å². The van der Waals surface area contributed by atoms with E-state index in [1.54, 1.807) is 19.1 Å². The van der Waals surface area contributed by atoms with Gasteiger partial charge in [-0.3, -0.25) is 14.5 Å². The molecule has 7 heteroatoms. The topological polar surface area (TPSA) is 83.6 Å². The number of carbonyl (C=O) groups is 2. The molecule has 0 spiro atoms. The quantitative estimate of drug-likeness (QED) is 0.306. The van der Waals surface area contributed by atoms with Crippen LogP contribution >= 0.6 is 11.3 Å². The fourth-order valence-electron chi connectivity index (χ4n) is 4.38. The number of carbonyl (C=O) groups excluding carboxylic acids is 2. The molecule has 1 amide bonds. The molecular formula is C29H26N2O4S. The molecule has 0 radical (unpaired) electrons. The summed E-state index contributed by atoms with van der Waals surface area (Å²) in [5.41, 5.74) is 3.04. The third-order valence-electron chi connectivity index (χ3n) is 6.30. The van der Waals surface area contributed by atoms with Gasteiger partial charge < -0.3 is 9.52 Å². The predicted molar refractivity (Wildman–Crippen MR) is 140 cm³/mol. The van der Waals surface area contributed by atoms with Gasteiger partial charge in [-0.2, -0.15) is 0 Å². The molecule has 0 saturated carbocycles. The van der Waals surface area contributed by atoms with Crippen LogP contribution in [0.5, 0.6) is 0 Å². The van der Waals surface area contributed by atoms with Gasteiger partial charge in [0.1, 0.15) is 16.8 Å². The molecule has 4 aromatic rings. The van der Waals surface area contributed by atoms with Crippen molar-refractivity contribution >= 4 is 28.7 Å². The van der Waals surface area contributed by atoms with Gasteiger partial charge in [0.15, 0.2) is 5.76 Å². The molecular weight excluding hydrogens is 472 g/mol. The Labute approximate surface area is 213 Å². The van der Waals surface area contributed by atoms with Crippen LogP contribution in [-0.2, 0) is 10.2 Å². The maximum atomic E-state index is 13.9. The average molecular weight is 499 g/mol. The minimum Gasteiger partial charge on any atom is -0.503 e. The summed E-state index contributed by atoms with van der Waals surface area (Å²) in [6, 6.07) is 19.7. The average Bonchev–Trinajstić information content (AvgIpc) is 3.58. The van der Waals surface area contributed by atoms with E-state index in [2.05, 4.69) is 25.8 Å². The van der Waals surface area contributed by atoms with Gasteiger partial charge in [-0.25, -0.2) is 4.98 Å². The summed E-state index contributed by atoms with van der Waals surface area (Å²) < 4.78 is 5.66. The summed E-state index contributed by atoms with van der Waals surface area (Å²) in [6.45, 7) is 8.09. The van der Waals surface area contributed by atoms with Crippen molar-refractivity contribution < 1.29 is 19.1 Å². The number of rotatable bonds is 5. The second-order valence-electron chi connectivity index (χ2n) is 9.78. The van der Waals surface area contributed by atoms with Gasteiger partial charge in [0.05, 0.1) is 22.4 Å². The van der Waals surface area contributed by atoms with Gasteiger partial charge in [-0.1, -0.05) is 63.2 Å². The summed E-state index contributed by atoms with van der Waals surface area (Å²) in [5.74, 6) is -1.27. The highest BCUT2D eigenvalue weighted by molar-refractivity contribution is 7.17. The number of ketones is 1. The van der Waals surface area contributed by atoms with Gasteiger partial charge in [0.2, 0.25) is 5.78 Å². The number of aliphatic hydroxyl groups excluding tert-OH is 1. The largest absolute Gasteiger partial charge is 0.503 e. The molecule has 2 aromatic heterocycles. The highest BCUT2D eigenvalue weighted by Gasteiger charge is 2.46. The standard InChI is InChI=1S/C29H26N2O4S/c1-17-26(36-27(30-17)18-9-6-5-7-10-18)24(32)22-23(21-11-8-16-35-21)31(28(34)25(22)33)20-14-12-19(13-15-20)29(2,3)4/h5-16,23,33H,1-4H3. The van der Waals surface area contributed by atoms with Crippen LogP contribution in [0, 0.1) is 6.92 Å². The van der Waals surface area contributed by atoms with Crippen molar-refractivity contribution in [3.05, 3.63) is 106 Å². The van der Waals surface area contributed by atoms with Gasteiger partial charge in [-0.05, 0) is 42.2 Å². The number of amides is 1. The molecule has 1 unspecified atom stereocenters. The first kappa shape index (κ1) is 23.8. The van der Waals surface area contributed by atoms with E-state index in [9.17, 15) is 14.7 Å². The molecule has 3 heterocycles. The van der Waals surface area contributed by atoms with E-state index in [4.69, 9.17) is 4.42 Å². The SMILES string of the molecule is Cc1nc(-c2ccccc2)sc1C(=O)C1=C(O)C(=O)N(c2ccc(C(C)(C)C)cc2)C1c1ccco1. The molecule has 182 valence electrons. The van der Waals surface area contributed by atoms with Crippen molar-refractivity contribution in [2.24, 2.45) is 0 Å². The Morgan fingerprint density at radius 1 is 1.03 bits per heavy atom. The van der Waals surface area contributed by atoms with Crippen LogP contribution in [0.25, 0.3) is 10.6 Å². The van der Waals surface area contributed by atoms with Crippen LogP contribution in [0.3, 0.4) is 0 Å². The molecule has 2 aromatic carbocycles. The summed E-state index contributed by atoms with van der Waals surface area (Å²) >= 11 is 1.25. The molecule has 1 atom stereocenters. The molecule has 36 heavy (non-hydrogen) atoms. The van der Waals surface area contributed by atoms with Crippen molar-refractivity contribution in [2.75, 3.05) is 4.90 Å². The van der Waals surface area contributed by atoms with Crippen molar-refractivity contribution in [2.45, 2.75) is 39.2 Å². The van der Waals surface area contributed by atoms with Crippen LogP contribution in [0.2, 0.25) is 0 Å². The number of hydrogen-bond donors (Lipinski definition) is 1. The van der Waals surface area contributed by atoms with Crippen molar-refractivity contribution in [1.29, 1.82) is 0 Å². The van der Waals surface area contributed by atoms with E-state index in [-0.39, 0.29) is 11.0 Å². The van der Waals surface area contributed by atoms with Crippen molar-refractivity contribution in [1.82, 2.24) is 4.98 Å². The number of furan rings is 1. The number of benzene rings is 2. The molecule has 1 N–H and O–H groups in total. The molecule has 1 aliphatic heterocycles. The number of anilines is 1. The lowest BCUT2D eigenvalue weighted by atomic mass is 9.87. The zero-order chi connectivity index (χ0) is 25.6. The monoisotopic (exact) mass is 498 g/mol. The Balaban J connectivity index is 1.58. The van der Waals surface area contributed by atoms with E-state index in [0.29, 0.717) is 27.0 Å². The van der Waals surface area contributed by atoms with E-state index in [1.165, 1.54) is 22.5 Å². The Bertz CT molecular complexity index is 1460. The van der Waals surface area contributed by atoms with E-state index in [1.807, 2.05) is 54.6 Å². The second kappa shape index (κ2) is 8.91. The predicted octanol–water partition coefficient (Wildman–Crippen LogP) is 6.79. The lowest BCUT2D eigenvalue weighted by Crippen LogP contribution is -2.31. The summed E-state index contributed by atoms with van der Waals surface area (Å²) in [7, 11) is 0. The number of nitrogens with zero attached hydrogens (tertiary/aromatic N) is 2. The van der Waals surface area contributed by atoms with Gasteiger partial charge in [0.25, 0.3) is 5.91 Å². The van der Waals surface area contributed by atoms with Crippen LogP contribution in [0.1, 0.15) is 53.5 Å². The van der Waals surface area contributed by atoms with E-state index < -0.39 is 23.5 Å². The zero-order valence-corrected chi connectivity index (χ0v) is 21.3. The Morgan fingerprint density at radius 3 is 2.33 bits per heavy atom. The molecule has 0 saturated heterocycles. The highest BCUT2D eigenvalue weighted by Crippen LogP contribution is 2.43. The van der Waals surface area contributed by atoms with E-state index in [0.717, 1.165) is 11.1 Å². The summed E-state index contributed by atoms with van der Waals surface area (Å²) in [5, 5.41) is 11.7. The Hall–Kier alpha value is -3.97. The molecule has 1 aliphatic rings. The molecule has 6 nitrogen and oxygen atoms in total. The van der Waals surface area contributed by atoms with Gasteiger partial charge in [0, 0.05) is 11.3 Å². The first-order valence-corrected chi connectivity index (χ1v) is 12.5. The van der Waals surface area contributed by atoms with Gasteiger partial charge in [-0.15, -0.1) is 11.3 Å². The third-order valence-corrected chi connectivity index (χ3v) is 7.51. The highest BCUT2D eigenvalue weighted by atomic mass is 32.1. The van der Waals surface area contributed by atoms with Crippen molar-refractivity contribution in [3.8, 4) is 10.6 Å². The van der Waals surface area contributed by atoms with Crippen molar-refractivity contribution in [3.63, 3.8) is 0 Å². The number of aromatic nitrogens is 1. The Morgan fingerprint density at radius 2 is 1.72 bits per heavy atom. The first-order valence-electron chi connectivity index (χ1n) is 11.6. The lowest BCUT2D eigenvalue weighted by Gasteiger charge is -2.26. The minimum atomic E-state index is -0.901. The molecule has 0 aliphatic carbocycles. The number of hydrogen-bond acceptors (Lipinski definition) is 6. The maximum Gasteiger partial charge on any atom is 0.294 e. The van der Waals surface area contributed by atoms with Crippen LogP contribution in [-0.4, -0.2) is 21.8 Å². The Kier molecular flexibility index (Phi) is 5.88. The first-order chi connectivity index (χ1) is 17.2. The number of aryl methyl sites for hydroxylation is 1. The molecule has 0 fully saturated rings. The smallest absolute Gasteiger partial charge is 0.294 e. The fourth-order valence-corrected chi connectivity index (χ4v) is 5.40. The maximum absolute atomic E-state index is 13.9. The number of thiazole rings is 1. The summed E-state index contributed by atoms with van der Waals surface area (Å²) in [4.78, 5) is 33.6. The number of Topliss-reactive ketones (excluding diaryl/α,β-unsaturated/α-hetero) is 1. The van der Waals surface area contributed by atoms with Crippen LogP contribution in [0.15, 0.2) is 88.7 Å². The van der Waals surface area contributed by atoms with E-state index >= 15 is 0 Å². The molecule has 0 bridgehead atoms. The molecule has 5 rings (SSSR count). The zero-order valence-electron chi connectivity index (χ0n) is 20.5.